The topological polar surface area (TPSA) is 40.5 Å². The van der Waals surface area contributed by atoms with Crippen molar-refractivity contribution in [2.24, 2.45) is 0 Å². The van der Waals surface area contributed by atoms with Crippen LogP contribution in [-0.2, 0) is 4.74 Å². The van der Waals surface area contributed by atoms with Crippen LogP contribution in [0.5, 0.6) is 5.88 Å². The first-order valence-corrected chi connectivity index (χ1v) is 8.73. The lowest BCUT2D eigenvalue weighted by Gasteiger charge is -2.31. The summed E-state index contributed by atoms with van der Waals surface area (Å²) in [5.41, 5.74) is 4.27. The molecule has 0 unspecified atom stereocenters. The zero-order valence-electron chi connectivity index (χ0n) is 14.7. The molecule has 0 spiro atoms. The van der Waals surface area contributed by atoms with Gasteiger partial charge in [0, 0.05) is 24.6 Å². The molecule has 0 fully saturated rings. The molecule has 4 rings (SSSR count). The standard InChI is InChI=1S/C21H18ClNO3/c1-13-4-6-14(7-5-13)18-12-17-19(25-21(2,3)26-20(17)24)23(18)16-10-8-15(22)9-11-16/h4-12H,1-3H3. The second-order valence-electron chi connectivity index (χ2n) is 6.82. The average Bonchev–Trinajstić information content (AvgIpc) is 2.94. The van der Waals surface area contributed by atoms with Gasteiger partial charge in [-0.3, -0.25) is 4.57 Å². The van der Waals surface area contributed by atoms with Crippen molar-refractivity contribution in [2.75, 3.05) is 0 Å². The number of hydrogen-bond donors (Lipinski definition) is 0. The van der Waals surface area contributed by atoms with Crippen molar-refractivity contribution in [2.45, 2.75) is 26.6 Å². The second-order valence-corrected chi connectivity index (χ2v) is 7.25. The SMILES string of the molecule is Cc1ccc(-c2cc3c(n2-c2ccc(Cl)cc2)OC(C)(C)OC3=O)cc1. The minimum Gasteiger partial charge on any atom is -0.436 e. The van der Waals surface area contributed by atoms with Gasteiger partial charge in [-0.15, -0.1) is 0 Å². The minimum atomic E-state index is -1.03. The van der Waals surface area contributed by atoms with Gasteiger partial charge >= 0.3 is 5.97 Å². The van der Waals surface area contributed by atoms with E-state index in [9.17, 15) is 4.79 Å². The van der Waals surface area contributed by atoms with Gasteiger partial charge < -0.3 is 9.47 Å². The highest BCUT2D eigenvalue weighted by molar-refractivity contribution is 6.30. The van der Waals surface area contributed by atoms with Gasteiger partial charge in [0.2, 0.25) is 5.88 Å². The summed E-state index contributed by atoms with van der Waals surface area (Å²) in [6, 6.07) is 17.4. The molecule has 0 radical (unpaired) electrons. The van der Waals surface area contributed by atoms with Crippen LogP contribution in [0.2, 0.25) is 5.02 Å². The van der Waals surface area contributed by atoms with Crippen molar-refractivity contribution in [1.82, 2.24) is 4.57 Å². The summed E-state index contributed by atoms with van der Waals surface area (Å²) in [6.45, 7) is 5.48. The molecule has 3 aromatic rings. The van der Waals surface area contributed by atoms with E-state index >= 15 is 0 Å². The van der Waals surface area contributed by atoms with E-state index in [0.717, 1.165) is 16.9 Å². The number of aryl methyl sites for hydroxylation is 1. The highest BCUT2D eigenvalue weighted by atomic mass is 35.5. The first kappa shape index (κ1) is 16.7. The van der Waals surface area contributed by atoms with E-state index in [1.165, 1.54) is 5.56 Å². The molecule has 132 valence electrons. The number of ether oxygens (including phenoxy) is 2. The minimum absolute atomic E-state index is 0.391. The van der Waals surface area contributed by atoms with Crippen LogP contribution in [0.15, 0.2) is 54.6 Å². The Labute approximate surface area is 156 Å². The summed E-state index contributed by atoms with van der Waals surface area (Å²) >= 11 is 6.04. The Morgan fingerprint density at radius 1 is 0.962 bits per heavy atom. The molecule has 1 aromatic heterocycles. The van der Waals surface area contributed by atoms with E-state index in [4.69, 9.17) is 21.1 Å². The van der Waals surface area contributed by atoms with Crippen LogP contribution in [0.4, 0.5) is 0 Å². The Hall–Kier alpha value is -2.72. The molecule has 0 bridgehead atoms. The number of carbonyl (C=O) groups excluding carboxylic acids is 1. The highest BCUT2D eigenvalue weighted by Crippen LogP contribution is 2.40. The maximum Gasteiger partial charge on any atom is 0.346 e. The number of aromatic nitrogens is 1. The summed E-state index contributed by atoms with van der Waals surface area (Å²) in [6.07, 6.45) is 0. The fraction of sp³-hybridized carbons (Fsp3) is 0.190. The summed E-state index contributed by atoms with van der Waals surface area (Å²) in [7, 11) is 0. The highest BCUT2D eigenvalue weighted by Gasteiger charge is 2.38. The zero-order valence-corrected chi connectivity index (χ0v) is 15.5. The monoisotopic (exact) mass is 367 g/mol. The van der Waals surface area contributed by atoms with Crippen LogP contribution in [0.1, 0.15) is 29.8 Å². The smallest absolute Gasteiger partial charge is 0.346 e. The molecule has 2 heterocycles. The molecule has 26 heavy (non-hydrogen) atoms. The van der Waals surface area contributed by atoms with Gasteiger partial charge in [0.25, 0.3) is 5.79 Å². The molecule has 2 aromatic carbocycles. The van der Waals surface area contributed by atoms with Crippen molar-refractivity contribution < 1.29 is 14.3 Å². The fourth-order valence-corrected chi connectivity index (χ4v) is 3.18. The van der Waals surface area contributed by atoms with Crippen LogP contribution >= 0.6 is 11.6 Å². The van der Waals surface area contributed by atoms with Crippen LogP contribution in [0, 0.1) is 6.92 Å². The Balaban J connectivity index is 1.98. The number of nitrogens with zero attached hydrogens (tertiary/aromatic N) is 1. The molecule has 0 aliphatic carbocycles. The molecule has 0 atom stereocenters. The summed E-state index contributed by atoms with van der Waals surface area (Å²) in [4.78, 5) is 12.5. The Bertz CT molecular complexity index is 985. The van der Waals surface area contributed by atoms with Gasteiger partial charge in [0.1, 0.15) is 5.56 Å². The molecule has 0 amide bonds. The van der Waals surface area contributed by atoms with Gasteiger partial charge in [-0.25, -0.2) is 4.79 Å². The van der Waals surface area contributed by atoms with E-state index in [1.54, 1.807) is 13.8 Å². The fourth-order valence-electron chi connectivity index (χ4n) is 3.05. The molecule has 5 heteroatoms. The van der Waals surface area contributed by atoms with Gasteiger partial charge in [0.05, 0.1) is 5.69 Å². The van der Waals surface area contributed by atoms with Gasteiger partial charge in [0.15, 0.2) is 0 Å². The molecular formula is C21H18ClNO3. The normalized spacial score (nSPS) is 15.2. The molecule has 0 saturated carbocycles. The van der Waals surface area contributed by atoms with Crippen LogP contribution in [0.3, 0.4) is 0 Å². The summed E-state index contributed by atoms with van der Waals surface area (Å²) in [5, 5.41) is 0.646. The van der Waals surface area contributed by atoms with E-state index in [0.29, 0.717) is 16.5 Å². The lowest BCUT2D eigenvalue weighted by atomic mass is 10.1. The average molecular weight is 368 g/mol. The number of carbonyl (C=O) groups is 1. The number of esters is 1. The van der Waals surface area contributed by atoms with Crippen LogP contribution < -0.4 is 4.74 Å². The molecule has 1 aliphatic heterocycles. The van der Waals surface area contributed by atoms with Gasteiger partial charge in [-0.05, 0) is 42.8 Å². The van der Waals surface area contributed by atoms with E-state index in [-0.39, 0.29) is 0 Å². The van der Waals surface area contributed by atoms with E-state index in [1.807, 2.05) is 66.1 Å². The number of cyclic esters (lactones) is 1. The first-order chi connectivity index (χ1) is 12.3. The summed E-state index contributed by atoms with van der Waals surface area (Å²) < 4.78 is 13.3. The lowest BCUT2D eigenvalue weighted by Crippen LogP contribution is -2.39. The number of benzene rings is 2. The predicted octanol–water partition coefficient (Wildman–Crippen LogP) is 5.39. The van der Waals surface area contributed by atoms with Crippen LogP contribution in [-0.4, -0.2) is 16.3 Å². The number of hydrogen-bond acceptors (Lipinski definition) is 3. The third-order valence-corrected chi connectivity index (χ3v) is 4.54. The predicted molar refractivity (Wildman–Crippen MR) is 101 cm³/mol. The van der Waals surface area contributed by atoms with Crippen molar-refractivity contribution >= 4 is 17.6 Å². The Morgan fingerprint density at radius 2 is 1.62 bits per heavy atom. The van der Waals surface area contributed by atoms with Crippen molar-refractivity contribution in [3.05, 3.63) is 70.7 Å². The van der Waals surface area contributed by atoms with E-state index < -0.39 is 11.8 Å². The zero-order chi connectivity index (χ0) is 18.5. The van der Waals surface area contributed by atoms with Gasteiger partial charge in [-0.2, -0.15) is 0 Å². The summed E-state index contributed by atoms with van der Waals surface area (Å²) in [5.74, 6) is -0.946. The lowest BCUT2D eigenvalue weighted by molar-refractivity contribution is -0.130. The molecule has 4 nitrogen and oxygen atoms in total. The Morgan fingerprint density at radius 3 is 2.27 bits per heavy atom. The third-order valence-electron chi connectivity index (χ3n) is 4.29. The van der Waals surface area contributed by atoms with E-state index in [2.05, 4.69) is 0 Å². The maximum atomic E-state index is 12.5. The number of halogens is 1. The molecule has 1 aliphatic rings. The maximum absolute atomic E-state index is 12.5. The second kappa shape index (κ2) is 5.92. The van der Waals surface area contributed by atoms with Gasteiger partial charge in [-0.1, -0.05) is 41.4 Å². The number of fused-ring (bicyclic) bond motifs is 1. The third kappa shape index (κ3) is 2.86. The largest absolute Gasteiger partial charge is 0.436 e. The molecule has 0 N–H and O–H groups in total. The first-order valence-electron chi connectivity index (χ1n) is 8.35. The van der Waals surface area contributed by atoms with Crippen molar-refractivity contribution in [3.8, 4) is 22.8 Å². The number of rotatable bonds is 2. The molecular weight excluding hydrogens is 350 g/mol. The van der Waals surface area contributed by atoms with Crippen LogP contribution in [0.25, 0.3) is 16.9 Å². The molecule has 0 saturated heterocycles. The van der Waals surface area contributed by atoms with Crippen molar-refractivity contribution in [1.29, 1.82) is 0 Å². The quantitative estimate of drug-likeness (QED) is 0.570. The van der Waals surface area contributed by atoms with Crippen molar-refractivity contribution in [3.63, 3.8) is 0 Å². The Kier molecular flexibility index (Phi) is 3.81.